The van der Waals surface area contributed by atoms with Crippen LogP contribution in [0.2, 0.25) is 5.02 Å². The maximum atomic E-state index is 14.3. The lowest BCUT2D eigenvalue weighted by atomic mass is 10.0. The second kappa shape index (κ2) is 9.38. The molecule has 0 spiro atoms. The molecule has 4 rings (SSSR count). The standard InChI is InChI=1S/C24H22ClFN6O/c1-13(17-5-3-4-6-20(17)26)31-22-18-9-15(7-8-21(18)28-12-19(22)25)16-10-29-24(30-11-16)32-14(2)23(27)33/h3-14H,1-2H3,(H2,27,33)(H,28,31)(H,29,30,32). The lowest BCUT2D eigenvalue weighted by Crippen LogP contribution is -2.33. The molecule has 2 aromatic heterocycles. The molecular formula is C24H22ClFN6O. The van der Waals surface area contributed by atoms with Crippen LogP contribution in [0.15, 0.2) is 61.1 Å². The van der Waals surface area contributed by atoms with E-state index in [-0.39, 0.29) is 11.9 Å². The van der Waals surface area contributed by atoms with Crippen molar-refractivity contribution < 1.29 is 9.18 Å². The second-order valence-corrected chi connectivity index (χ2v) is 8.07. The Morgan fingerprint density at radius 1 is 1.00 bits per heavy atom. The number of aromatic nitrogens is 3. The molecule has 168 valence electrons. The number of primary amides is 1. The number of fused-ring (bicyclic) bond motifs is 1. The number of amides is 1. The lowest BCUT2D eigenvalue weighted by molar-refractivity contribution is -0.118. The molecule has 9 heteroatoms. The van der Waals surface area contributed by atoms with Crippen LogP contribution in [-0.2, 0) is 4.79 Å². The summed E-state index contributed by atoms with van der Waals surface area (Å²) < 4.78 is 14.3. The summed E-state index contributed by atoms with van der Waals surface area (Å²) in [7, 11) is 0. The third-order valence-electron chi connectivity index (χ3n) is 5.31. The van der Waals surface area contributed by atoms with Gasteiger partial charge in [-0.2, -0.15) is 0 Å². The summed E-state index contributed by atoms with van der Waals surface area (Å²) in [6.07, 6.45) is 4.87. The van der Waals surface area contributed by atoms with E-state index in [1.165, 1.54) is 6.07 Å². The van der Waals surface area contributed by atoms with Gasteiger partial charge in [0.2, 0.25) is 11.9 Å². The molecule has 1 amide bonds. The summed E-state index contributed by atoms with van der Waals surface area (Å²) in [5.74, 6) is -0.480. The molecule has 0 aliphatic rings. The number of carbonyl (C=O) groups is 1. The Kier molecular flexibility index (Phi) is 6.37. The topological polar surface area (TPSA) is 106 Å². The number of carbonyl (C=O) groups excluding carboxylic acids is 1. The van der Waals surface area contributed by atoms with E-state index in [1.54, 1.807) is 43.7 Å². The summed E-state index contributed by atoms with van der Waals surface area (Å²) in [4.78, 5) is 24.2. The highest BCUT2D eigenvalue weighted by atomic mass is 35.5. The van der Waals surface area contributed by atoms with Gasteiger partial charge < -0.3 is 16.4 Å². The minimum atomic E-state index is -0.588. The zero-order valence-electron chi connectivity index (χ0n) is 18.0. The van der Waals surface area contributed by atoms with Crippen molar-refractivity contribution in [2.45, 2.75) is 25.9 Å². The second-order valence-electron chi connectivity index (χ2n) is 7.66. The highest BCUT2D eigenvalue weighted by molar-refractivity contribution is 6.34. The lowest BCUT2D eigenvalue weighted by Gasteiger charge is -2.19. The molecule has 2 atom stereocenters. The van der Waals surface area contributed by atoms with Crippen LogP contribution in [0.1, 0.15) is 25.5 Å². The Labute approximate surface area is 195 Å². The minimum Gasteiger partial charge on any atom is -0.377 e. The monoisotopic (exact) mass is 464 g/mol. The number of nitrogens with zero attached hydrogens (tertiary/aromatic N) is 3. The van der Waals surface area contributed by atoms with Gasteiger partial charge in [0, 0.05) is 35.1 Å². The number of halogens is 2. The molecule has 0 fully saturated rings. The molecule has 2 aromatic carbocycles. The number of hydrogen-bond donors (Lipinski definition) is 3. The normalized spacial score (nSPS) is 12.8. The average Bonchev–Trinajstić information content (AvgIpc) is 2.81. The fraction of sp³-hybridized carbons (Fsp3) is 0.167. The SMILES string of the molecule is CC(Nc1ncc(-c2ccc3ncc(Cl)c(NC(C)c4ccccc4F)c3c2)cn1)C(N)=O. The zero-order valence-corrected chi connectivity index (χ0v) is 18.8. The van der Waals surface area contributed by atoms with Gasteiger partial charge in [-0.25, -0.2) is 14.4 Å². The summed E-state index contributed by atoms with van der Waals surface area (Å²) >= 11 is 6.48. The molecule has 4 aromatic rings. The van der Waals surface area contributed by atoms with Crippen molar-refractivity contribution in [3.63, 3.8) is 0 Å². The van der Waals surface area contributed by atoms with Crippen LogP contribution in [0, 0.1) is 5.82 Å². The van der Waals surface area contributed by atoms with Crippen molar-refractivity contribution in [1.82, 2.24) is 15.0 Å². The number of hydrogen-bond acceptors (Lipinski definition) is 6. The van der Waals surface area contributed by atoms with Gasteiger partial charge in [-0.3, -0.25) is 9.78 Å². The van der Waals surface area contributed by atoms with Crippen molar-refractivity contribution in [3.05, 3.63) is 77.5 Å². The molecule has 0 saturated carbocycles. The van der Waals surface area contributed by atoms with Gasteiger partial charge in [0.15, 0.2) is 0 Å². The highest BCUT2D eigenvalue weighted by Crippen LogP contribution is 2.35. The van der Waals surface area contributed by atoms with Crippen LogP contribution in [0.4, 0.5) is 16.0 Å². The molecule has 4 N–H and O–H groups in total. The van der Waals surface area contributed by atoms with E-state index in [9.17, 15) is 9.18 Å². The van der Waals surface area contributed by atoms with Crippen molar-refractivity contribution in [2.75, 3.05) is 10.6 Å². The summed E-state index contributed by atoms with van der Waals surface area (Å²) in [5, 5.41) is 7.39. The van der Waals surface area contributed by atoms with E-state index in [0.29, 0.717) is 22.2 Å². The zero-order chi connectivity index (χ0) is 23.5. The van der Waals surface area contributed by atoms with Crippen molar-refractivity contribution in [3.8, 4) is 11.1 Å². The first kappa shape index (κ1) is 22.4. The molecule has 0 aliphatic carbocycles. The molecule has 0 radical (unpaired) electrons. The molecule has 2 heterocycles. The van der Waals surface area contributed by atoms with Crippen LogP contribution < -0.4 is 16.4 Å². The highest BCUT2D eigenvalue weighted by Gasteiger charge is 2.16. The predicted molar refractivity (Wildman–Crippen MR) is 128 cm³/mol. The first-order valence-corrected chi connectivity index (χ1v) is 10.7. The first-order valence-electron chi connectivity index (χ1n) is 10.3. The molecule has 0 aliphatic heterocycles. The number of rotatable bonds is 7. The van der Waals surface area contributed by atoms with Gasteiger partial charge in [0.1, 0.15) is 11.9 Å². The fourth-order valence-electron chi connectivity index (χ4n) is 3.43. The Morgan fingerprint density at radius 3 is 2.42 bits per heavy atom. The van der Waals surface area contributed by atoms with Gasteiger partial charge in [0.05, 0.1) is 22.3 Å². The van der Waals surface area contributed by atoms with E-state index in [2.05, 4.69) is 25.6 Å². The Morgan fingerprint density at radius 2 is 1.73 bits per heavy atom. The third kappa shape index (κ3) is 4.85. The van der Waals surface area contributed by atoms with E-state index in [0.717, 1.165) is 22.0 Å². The molecular weight excluding hydrogens is 443 g/mol. The van der Waals surface area contributed by atoms with E-state index in [1.807, 2.05) is 25.1 Å². The maximum absolute atomic E-state index is 14.3. The molecule has 0 saturated heterocycles. The van der Waals surface area contributed by atoms with Crippen molar-refractivity contribution >= 4 is 40.0 Å². The summed E-state index contributed by atoms with van der Waals surface area (Å²) in [6, 6.07) is 11.4. The van der Waals surface area contributed by atoms with E-state index in [4.69, 9.17) is 17.3 Å². The van der Waals surface area contributed by atoms with Crippen LogP contribution >= 0.6 is 11.6 Å². The molecule has 2 unspecified atom stereocenters. The maximum Gasteiger partial charge on any atom is 0.239 e. The molecule has 0 bridgehead atoms. The minimum absolute atomic E-state index is 0.288. The van der Waals surface area contributed by atoms with Crippen LogP contribution in [0.3, 0.4) is 0 Å². The third-order valence-corrected chi connectivity index (χ3v) is 5.60. The summed E-state index contributed by atoms with van der Waals surface area (Å²) in [5.41, 5.74) is 8.82. The Bertz CT molecular complexity index is 1310. The smallest absolute Gasteiger partial charge is 0.239 e. The number of pyridine rings is 1. The Hall–Kier alpha value is -3.78. The van der Waals surface area contributed by atoms with Crippen molar-refractivity contribution in [1.29, 1.82) is 0 Å². The fourth-order valence-corrected chi connectivity index (χ4v) is 3.64. The van der Waals surface area contributed by atoms with Crippen LogP contribution in [0.5, 0.6) is 0 Å². The first-order chi connectivity index (χ1) is 15.8. The van der Waals surface area contributed by atoms with Gasteiger partial charge in [-0.05, 0) is 37.6 Å². The predicted octanol–water partition coefficient (Wildman–Crippen LogP) is 4.94. The molecule has 33 heavy (non-hydrogen) atoms. The average molecular weight is 465 g/mol. The number of nitrogens with one attached hydrogen (secondary N) is 2. The van der Waals surface area contributed by atoms with E-state index < -0.39 is 11.9 Å². The largest absolute Gasteiger partial charge is 0.377 e. The van der Waals surface area contributed by atoms with E-state index >= 15 is 0 Å². The van der Waals surface area contributed by atoms with Gasteiger partial charge in [0.25, 0.3) is 0 Å². The van der Waals surface area contributed by atoms with Crippen LogP contribution in [0.25, 0.3) is 22.0 Å². The molecule has 7 nitrogen and oxygen atoms in total. The van der Waals surface area contributed by atoms with Gasteiger partial charge in [-0.1, -0.05) is 35.9 Å². The Balaban J connectivity index is 1.67. The quantitative estimate of drug-likeness (QED) is 0.357. The van der Waals surface area contributed by atoms with Crippen LogP contribution in [-0.4, -0.2) is 26.9 Å². The number of nitrogens with two attached hydrogens (primary N) is 1. The van der Waals surface area contributed by atoms with Gasteiger partial charge in [-0.15, -0.1) is 0 Å². The van der Waals surface area contributed by atoms with Crippen molar-refractivity contribution in [2.24, 2.45) is 5.73 Å². The summed E-state index contributed by atoms with van der Waals surface area (Å²) in [6.45, 7) is 3.51. The number of benzene rings is 2. The number of anilines is 2. The van der Waals surface area contributed by atoms with Gasteiger partial charge >= 0.3 is 0 Å².